The van der Waals surface area contributed by atoms with Crippen LogP contribution < -0.4 is 0 Å². The van der Waals surface area contributed by atoms with Crippen LogP contribution in [-0.4, -0.2) is 37.6 Å². The lowest BCUT2D eigenvalue weighted by Gasteiger charge is -2.40. The fourth-order valence-electron chi connectivity index (χ4n) is 3.13. The number of ether oxygens (including phenoxy) is 3. The van der Waals surface area contributed by atoms with Crippen LogP contribution in [0.25, 0.3) is 0 Å². The first-order valence-corrected chi connectivity index (χ1v) is 6.89. The van der Waals surface area contributed by atoms with Crippen LogP contribution in [0.4, 0.5) is 0 Å². The molecule has 4 atom stereocenters. The Morgan fingerprint density at radius 2 is 1.76 bits per heavy atom. The molecule has 0 radical (unpaired) electrons. The van der Waals surface area contributed by atoms with Gasteiger partial charge in [0.05, 0.1) is 18.3 Å². The Balaban J connectivity index is 1.80. The smallest absolute Gasteiger partial charge is 0.102 e. The highest BCUT2D eigenvalue weighted by atomic mass is 16.6. The zero-order valence-corrected chi connectivity index (χ0v) is 10.6. The van der Waals surface area contributed by atoms with Crippen molar-refractivity contribution < 1.29 is 14.2 Å². The van der Waals surface area contributed by atoms with Crippen LogP contribution >= 0.6 is 0 Å². The summed E-state index contributed by atoms with van der Waals surface area (Å²) < 4.78 is 17.9. The fraction of sp³-hybridized carbons (Fsp3) is 0.857. The Morgan fingerprint density at radius 3 is 2.65 bits per heavy atom. The summed E-state index contributed by atoms with van der Waals surface area (Å²) in [7, 11) is 0. The second-order valence-electron chi connectivity index (χ2n) is 5.46. The van der Waals surface area contributed by atoms with Crippen LogP contribution in [0.15, 0.2) is 11.6 Å². The van der Waals surface area contributed by atoms with Gasteiger partial charge in [-0.05, 0) is 39.0 Å². The molecule has 2 saturated heterocycles. The molecule has 0 aromatic rings. The van der Waals surface area contributed by atoms with E-state index in [0.717, 1.165) is 45.3 Å². The minimum Gasteiger partial charge on any atom is -0.375 e. The topological polar surface area (TPSA) is 27.7 Å². The van der Waals surface area contributed by atoms with Gasteiger partial charge in [0.2, 0.25) is 0 Å². The van der Waals surface area contributed by atoms with E-state index < -0.39 is 0 Å². The molecule has 0 N–H and O–H groups in total. The number of fused-ring (bicyclic) bond motifs is 2. The molecule has 0 amide bonds. The summed E-state index contributed by atoms with van der Waals surface area (Å²) in [5.41, 5.74) is 1.39. The van der Waals surface area contributed by atoms with E-state index in [-0.39, 0.29) is 24.4 Å². The molecule has 17 heavy (non-hydrogen) atoms. The van der Waals surface area contributed by atoms with Gasteiger partial charge < -0.3 is 14.2 Å². The maximum atomic E-state index is 6.25. The van der Waals surface area contributed by atoms with E-state index in [1.54, 1.807) is 0 Å². The van der Waals surface area contributed by atoms with Crippen LogP contribution in [-0.2, 0) is 14.2 Å². The molecule has 0 spiro atoms. The molecule has 3 nitrogen and oxygen atoms in total. The molecule has 0 unspecified atom stereocenters. The zero-order chi connectivity index (χ0) is 11.7. The van der Waals surface area contributed by atoms with E-state index >= 15 is 0 Å². The summed E-state index contributed by atoms with van der Waals surface area (Å²) >= 11 is 0. The quantitative estimate of drug-likeness (QED) is 0.607. The monoisotopic (exact) mass is 238 g/mol. The minimum absolute atomic E-state index is 0.173. The van der Waals surface area contributed by atoms with Crippen molar-refractivity contribution in [2.45, 2.75) is 63.4 Å². The van der Waals surface area contributed by atoms with Crippen molar-refractivity contribution in [3.63, 3.8) is 0 Å². The first kappa shape index (κ1) is 11.7. The molecular weight excluding hydrogens is 216 g/mol. The molecule has 96 valence electrons. The van der Waals surface area contributed by atoms with Gasteiger partial charge in [0, 0.05) is 13.2 Å². The summed E-state index contributed by atoms with van der Waals surface area (Å²) in [6.45, 7) is 3.96. The van der Waals surface area contributed by atoms with E-state index in [2.05, 4.69) is 13.0 Å². The van der Waals surface area contributed by atoms with Crippen molar-refractivity contribution in [1.29, 1.82) is 0 Å². The molecule has 0 bridgehead atoms. The third kappa shape index (κ3) is 2.56. The van der Waals surface area contributed by atoms with Gasteiger partial charge in [-0.15, -0.1) is 0 Å². The zero-order valence-electron chi connectivity index (χ0n) is 10.6. The Bertz CT molecular complexity index is 300. The standard InChI is InChI=1S/C14H22O3/c1-10-8-13-11(4-2-6-15-13)17-12-5-3-7-16-14(12)9-10/h8,11-14H,2-7,9H2,1H3/b10-8-/t11-,12+,13+,14-/m0/s1. The highest BCUT2D eigenvalue weighted by molar-refractivity contribution is 5.09. The average molecular weight is 238 g/mol. The van der Waals surface area contributed by atoms with Gasteiger partial charge in [-0.25, -0.2) is 0 Å². The van der Waals surface area contributed by atoms with Gasteiger partial charge in [0.1, 0.15) is 6.10 Å². The first-order chi connectivity index (χ1) is 8.33. The van der Waals surface area contributed by atoms with Crippen LogP contribution in [0.1, 0.15) is 39.0 Å². The molecule has 0 saturated carbocycles. The Hall–Kier alpha value is -0.380. The van der Waals surface area contributed by atoms with Crippen molar-refractivity contribution in [1.82, 2.24) is 0 Å². The van der Waals surface area contributed by atoms with E-state index in [1.807, 2.05) is 0 Å². The van der Waals surface area contributed by atoms with Crippen molar-refractivity contribution in [2.75, 3.05) is 13.2 Å². The van der Waals surface area contributed by atoms with Crippen molar-refractivity contribution in [3.05, 3.63) is 11.6 Å². The van der Waals surface area contributed by atoms with Crippen LogP contribution in [0, 0.1) is 0 Å². The lowest BCUT2D eigenvalue weighted by molar-refractivity contribution is -0.170. The van der Waals surface area contributed by atoms with Gasteiger partial charge in [-0.2, -0.15) is 0 Å². The molecule has 3 heterocycles. The second kappa shape index (κ2) is 5.09. The Labute approximate surface area is 103 Å². The molecule has 3 aliphatic rings. The van der Waals surface area contributed by atoms with Crippen molar-refractivity contribution in [2.24, 2.45) is 0 Å². The third-order valence-electron chi connectivity index (χ3n) is 4.01. The van der Waals surface area contributed by atoms with Gasteiger partial charge in [-0.3, -0.25) is 0 Å². The predicted molar refractivity (Wildman–Crippen MR) is 65.0 cm³/mol. The summed E-state index contributed by atoms with van der Waals surface area (Å²) in [6.07, 6.45) is 8.71. The molecule has 2 fully saturated rings. The molecule has 3 aliphatic heterocycles. The Kier molecular flexibility index (Phi) is 3.50. The fourth-order valence-corrected chi connectivity index (χ4v) is 3.13. The lowest BCUT2D eigenvalue weighted by atomic mass is 9.93. The maximum Gasteiger partial charge on any atom is 0.102 e. The summed E-state index contributed by atoms with van der Waals surface area (Å²) in [6, 6.07) is 0. The van der Waals surface area contributed by atoms with Crippen LogP contribution in [0.3, 0.4) is 0 Å². The third-order valence-corrected chi connectivity index (χ3v) is 4.01. The van der Waals surface area contributed by atoms with E-state index in [1.165, 1.54) is 5.57 Å². The van der Waals surface area contributed by atoms with Gasteiger partial charge >= 0.3 is 0 Å². The van der Waals surface area contributed by atoms with Crippen molar-refractivity contribution >= 4 is 0 Å². The first-order valence-electron chi connectivity index (χ1n) is 6.89. The SMILES string of the molecule is C/C1=C/[C@H]2OCCC[C@@H]2O[C@@H]2CCCO[C@H]2C1. The number of rotatable bonds is 0. The predicted octanol–water partition coefficient (Wildman–Crippen LogP) is 2.45. The van der Waals surface area contributed by atoms with Gasteiger partial charge in [0.15, 0.2) is 0 Å². The average Bonchev–Trinajstić information content (AvgIpc) is 2.31. The largest absolute Gasteiger partial charge is 0.375 e. The molecule has 0 aliphatic carbocycles. The number of hydrogen-bond acceptors (Lipinski definition) is 3. The molecular formula is C14H22O3. The van der Waals surface area contributed by atoms with Gasteiger partial charge in [-0.1, -0.05) is 11.6 Å². The van der Waals surface area contributed by atoms with E-state index in [9.17, 15) is 0 Å². The molecule has 3 heteroatoms. The second-order valence-corrected chi connectivity index (χ2v) is 5.46. The lowest BCUT2D eigenvalue weighted by Crippen LogP contribution is -2.45. The minimum atomic E-state index is 0.173. The van der Waals surface area contributed by atoms with Crippen LogP contribution in [0.5, 0.6) is 0 Å². The van der Waals surface area contributed by atoms with Crippen molar-refractivity contribution in [3.8, 4) is 0 Å². The van der Waals surface area contributed by atoms with Gasteiger partial charge in [0.25, 0.3) is 0 Å². The summed E-state index contributed by atoms with van der Waals surface area (Å²) in [4.78, 5) is 0. The highest BCUT2D eigenvalue weighted by Gasteiger charge is 2.35. The Morgan fingerprint density at radius 1 is 1.00 bits per heavy atom. The normalized spacial score (nSPS) is 45.8. The molecule has 0 aromatic heterocycles. The van der Waals surface area contributed by atoms with Crippen LogP contribution in [0.2, 0.25) is 0 Å². The maximum absolute atomic E-state index is 6.25. The van der Waals surface area contributed by atoms with E-state index in [0.29, 0.717) is 0 Å². The molecule has 0 aromatic carbocycles. The summed E-state index contributed by atoms with van der Waals surface area (Å²) in [5, 5.41) is 0. The molecule has 3 rings (SSSR count). The number of hydrogen-bond donors (Lipinski definition) is 0. The van der Waals surface area contributed by atoms with E-state index in [4.69, 9.17) is 14.2 Å². The highest BCUT2D eigenvalue weighted by Crippen LogP contribution is 2.31. The summed E-state index contributed by atoms with van der Waals surface area (Å²) in [5.74, 6) is 0.